The molecule has 23 heavy (non-hydrogen) atoms. The van der Waals surface area contributed by atoms with Crippen LogP contribution >= 0.6 is 0 Å². The number of benzene rings is 1. The van der Waals surface area contributed by atoms with Gasteiger partial charge < -0.3 is 14.6 Å². The van der Waals surface area contributed by atoms with Crippen LogP contribution in [0.1, 0.15) is 49.5 Å². The van der Waals surface area contributed by atoms with E-state index >= 15 is 0 Å². The minimum Gasteiger partial charge on any atom is -0.497 e. The first-order valence-electron chi connectivity index (χ1n) is 8.67. The quantitative estimate of drug-likeness (QED) is 0.918. The average molecular weight is 314 g/mol. The lowest BCUT2D eigenvalue weighted by Crippen LogP contribution is -2.32. The third-order valence-corrected chi connectivity index (χ3v) is 4.89. The number of ether oxygens (including phenoxy) is 1. The number of nitrogens with one attached hydrogen (secondary N) is 1. The topological polar surface area (TPSA) is 45.3 Å². The first kappa shape index (κ1) is 15.9. The molecule has 4 nitrogen and oxygen atoms in total. The normalized spacial score (nSPS) is 18.9. The molecule has 1 unspecified atom stereocenters. The summed E-state index contributed by atoms with van der Waals surface area (Å²) in [5, 5.41) is 1.05. The summed E-state index contributed by atoms with van der Waals surface area (Å²) in [5.74, 6) is 1.71. The van der Waals surface area contributed by atoms with Crippen LogP contribution in [0.25, 0.3) is 10.9 Å². The van der Waals surface area contributed by atoms with Gasteiger partial charge >= 0.3 is 0 Å². The molecule has 1 amide bonds. The molecule has 1 aliphatic rings. The number of likely N-dealkylation sites (tertiary alicyclic amines) is 1. The highest BCUT2D eigenvalue weighted by Gasteiger charge is 2.22. The molecule has 1 fully saturated rings. The van der Waals surface area contributed by atoms with Gasteiger partial charge in [-0.3, -0.25) is 4.79 Å². The van der Waals surface area contributed by atoms with Gasteiger partial charge in [0.1, 0.15) is 11.4 Å². The van der Waals surface area contributed by atoms with E-state index < -0.39 is 0 Å². The summed E-state index contributed by atoms with van der Waals surface area (Å²) in [4.78, 5) is 18.1. The van der Waals surface area contributed by atoms with Gasteiger partial charge in [0.25, 0.3) is 5.91 Å². The summed E-state index contributed by atoms with van der Waals surface area (Å²) in [7, 11) is 1.65. The van der Waals surface area contributed by atoms with Crippen molar-refractivity contribution in [2.75, 3.05) is 20.2 Å². The highest BCUT2D eigenvalue weighted by atomic mass is 16.5. The van der Waals surface area contributed by atoms with E-state index in [1.54, 1.807) is 7.11 Å². The third kappa shape index (κ3) is 3.52. The van der Waals surface area contributed by atoms with Crippen LogP contribution < -0.4 is 4.74 Å². The number of nitrogens with zero attached hydrogens (tertiary/aromatic N) is 1. The second kappa shape index (κ2) is 7.07. The molecule has 1 aliphatic heterocycles. The predicted molar refractivity (Wildman–Crippen MR) is 93.0 cm³/mol. The molecule has 1 atom stereocenters. The maximum absolute atomic E-state index is 12.8. The Bertz CT molecular complexity index is 677. The molecule has 1 aromatic heterocycles. The molecule has 3 rings (SSSR count). The van der Waals surface area contributed by atoms with Gasteiger partial charge in [-0.1, -0.05) is 19.8 Å². The SMILES string of the molecule is CCCC1CCCN(C(=O)c2cc3ccc(OC)cc3[nH]2)CC1. The lowest BCUT2D eigenvalue weighted by Gasteiger charge is -2.19. The highest BCUT2D eigenvalue weighted by molar-refractivity contribution is 5.98. The maximum atomic E-state index is 12.8. The second-order valence-electron chi connectivity index (χ2n) is 6.51. The molecule has 0 radical (unpaired) electrons. The number of rotatable bonds is 4. The summed E-state index contributed by atoms with van der Waals surface area (Å²) >= 11 is 0. The minimum absolute atomic E-state index is 0.123. The monoisotopic (exact) mass is 314 g/mol. The zero-order valence-electron chi connectivity index (χ0n) is 14.1. The van der Waals surface area contributed by atoms with Crippen LogP contribution in [-0.4, -0.2) is 36.0 Å². The van der Waals surface area contributed by atoms with Gasteiger partial charge in [0, 0.05) is 30.1 Å². The number of H-pyrrole nitrogens is 1. The molecular weight excluding hydrogens is 288 g/mol. The summed E-state index contributed by atoms with van der Waals surface area (Å²) < 4.78 is 5.24. The summed E-state index contributed by atoms with van der Waals surface area (Å²) in [6.07, 6.45) is 6.02. The zero-order valence-corrected chi connectivity index (χ0v) is 14.1. The van der Waals surface area contributed by atoms with Gasteiger partial charge in [0.05, 0.1) is 7.11 Å². The van der Waals surface area contributed by atoms with E-state index in [0.717, 1.165) is 48.5 Å². The highest BCUT2D eigenvalue weighted by Crippen LogP contribution is 2.25. The molecule has 4 heteroatoms. The van der Waals surface area contributed by atoms with E-state index in [-0.39, 0.29) is 5.91 Å². The van der Waals surface area contributed by atoms with Crippen LogP contribution in [0.5, 0.6) is 5.75 Å². The molecule has 0 saturated carbocycles. The lowest BCUT2D eigenvalue weighted by molar-refractivity contribution is 0.0755. The minimum atomic E-state index is 0.123. The van der Waals surface area contributed by atoms with Gasteiger partial charge in [-0.2, -0.15) is 0 Å². The van der Waals surface area contributed by atoms with E-state index in [4.69, 9.17) is 4.74 Å². The Morgan fingerprint density at radius 1 is 1.30 bits per heavy atom. The van der Waals surface area contributed by atoms with Gasteiger partial charge in [0.2, 0.25) is 0 Å². The standard InChI is InChI=1S/C19H26N2O2/c1-3-5-14-6-4-10-21(11-9-14)19(22)18-12-15-7-8-16(23-2)13-17(15)20-18/h7-8,12-14,20H,3-6,9-11H2,1-2H3. The Balaban J connectivity index is 1.74. The summed E-state index contributed by atoms with van der Waals surface area (Å²) in [6.45, 7) is 3.99. The number of amides is 1. The van der Waals surface area contributed by atoms with Gasteiger partial charge in [-0.15, -0.1) is 0 Å². The molecule has 124 valence electrons. The largest absolute Gasteiger partial charge is 0.497 e. The summed E-state index contributed by atoms with van der Waals surface area (Å²) in [5.41, 5.74) is 1.63. The number of methoxy groups -OCH3 is 1. The first-order chi connectivity index (χ1) is 11.2. The first-order valence-corrected chi connectivity index (χ1v) is 8.67. The van der Waals surface area contributed by atoms with Crippen LogP contribution in [0.2, 0.25) is 0 Å². The van der Waals surface area contributed by atoms with Crippen molar-refractivity contribution in [2.45, 2.75) is 39.0 Å². The van der Waals surface area contributed by atoms with Crippen molar-refractivity contribution >= 4 is 16.8 Å². The number of aromatic amines is 1. The molecular formula is C19H26N2O2. The van der Waals surface area contributed by atoms with E-state index in [9.17, 15) is 4.79 Å². The third-order valence-electron chi connectivity index (χ3n) is 4.89. The van der Waals surface area contributed by atoms with Crippen molar-refractivity contribution in [2.24, 2.45) is 5.92 Å². The fourth-order valence-corrected chi connectivity index (χ4v) is 3.58. The molecule has 1 N–H and O–H groups in total. The van der Waals surface area contributed by atoms with E-state index in [2.05, 4.69) is 11.9 Å². The van der Waals surface area contributed by atoms with E-state index in [1.807, 2.05) is 29.2 Å². The van der Waals surface area contributed by atoms with Crippen LogP contribution in [0.3, 0.4) is 0 Å². The lowest BCUT2D eigenvalue weighted by atomic mass is 9.96. The Hall–Kier alpha value is -1.97. The summed E-state index contributed by atoms with van der Waals surface area (Å²) in [6, 6.07) is 7.80. The van der Waals surface area contributed by atoms with Crippen LogP contribution in [-0.2, 0) is 0 Å². The molecule has 2 aromatic rings. The van der Waals surface area contributed by atoms with Crippen molar-refractivity contribution in [3.05, 3.63) is 30.0 Å². The van der Waals surface area contributed by atoms with E-state index in [0.29, 0.717) is 5.69 Å². The number of carbonyl (C=O) groups excluding carboxylic acids is 1. The number of fused-ring (bicyclic) bond motifs is 1. The maximum Gasteiger partial charge on any atom is 0.270 e. The van der Waals surface area contributed by atoms with Crippen LogP contribution in [0.15, 0.2) is 24.3 Å². The molecule has 0 spiro atoms. The van der Waals surface area contributed by atoms with Crippen LogP contribution in [0.4, 0.5) is 0 Å². The molecule has 0 aliphatic carbocycles. The zero-order chi connectivity index (χ0) is 16.2. The van der Waals surface area contributed by atoms with Gasteiger partial charge in [0.15, 0.2) is 0 Å². The van der Waals surface area contributed by atoms with Crippen molar-refractivity contribution in [3.63, 3.8) is 0 Å². The van der Waals surface area contributed by atoms with Gasteiger partial charge in [-0.25, -0.2) is 0 Å². The second-order valence-corrected chi connectivity index (χ2v) is 6.51. The average Bonchev–Trinajstić information content (AvgIpc) is 2.86. The molecule has 2 heterocycles. The molecule has 1 aromatic carbocycles. The fraction of sp³-hybridized carbons (Fsp3) is 0.526. The van der Waals surface area contributed by atoms with Crippen molar-refractivity contribution < 1.29 is 9.53 Å². The van der Waals surface area contributed by atoms with Crippen molar-refractivity contribution in [1.82, 2.24) is 9.88 Å². The number of hydrogen-bond acceptors (Lipinski definition) is 2. The van der Waals surface area contributed by atoms with E-state index in [1.165, 1.54) is 19.3 Å². The van der Waals surface area contributed by atoms with Crippen LogP contribution in [0, 0.1) is 5.92 Å². The van der Waals surface area contributed by atoms with Crippen molar-refractivity contribution in [1.29, 1.82) is 0 Å². The molecule has 0 bridgehead atoms. The Morgan fingerprint density at radius 3 is 2.96 bits per heavy atom. The van der Waals surface area contributed by atoms with Gasteiger partial charge in [-0.05, 0) is 43.4 Å². The predicted octanol–water partition coefficient (Wildman–Crippen LogP) is 4.22. The number of carbonyl (C=O) groups is 1. The van der Waals surface area contributed by atoms with Crippen molar-refractivity contribution in [3.8, 4) is 5.75 Å². The fourth-order valence-electron chi connectivity index (χ4n) is 3.58. The Kier molecular flexibility index (Phi) is 4.89. The Labute approximate surface area is 137 Å². The molecule has 1 saturated heterocycles. The Morgan fingerprint density at radius 2 is 2.17 bits per heavy atom. The number of hydrogen-bond donors (Lipinski definition) is 1. The number of aromatic nitrogens is 1. The smallest absolute Gasteiger partial charge is 0.270 e.